The molecule has 0 amide bonds. The van der Waals surface area contributed by atoms with Crippen LogP contribution in [0.2, 0.25) is 0 Å². The number of benzene rings is 1. The minimum atomic E-state index is 0.901. The predicted octanol–water partition coefficient (Wildman–Crippen LogP) is 3.15. The molecule has 2 nitrogen and oxygen atoms in total. The summed E-state index contributed by atoms with van der Waals surface area (Å²) >= 11 is 1.74. The lowest BCUT2D eigenvalue weighted by molar-refractivity contribution is 0.829. The Kier molecular flexibility index (Phi) is 2.03. The Morgan fingerprint density at radius 2 is 2.00 bits per heavy atom. The molecule has 0 aliphatic carbocycles. The van der Waals surface area contributed by atoms with Crippen LogP contribution >= 0.6 is 11.3 Å². The Labute approximate surface area is 91.8 Å². The third kappa shape index (κ3) is 1.55. The van der Waals surface area contributed by atoms with Crippen molar-refractivity contribution in [2.45, 2.75) is 6.54 Å². The van der Waals surface area contributed by atoms with Crippen LogP contribution in [0.1, 0.15) is 5.56 Å². The van der Waals surface area contributed by atoms with Crippen LogP contribution in [0, 0.1) is 0 Å². The van der Waals surface area contributed by atoms with Crippen LogP contribution in [0.25, 0.3) is 10.3 Å². The van der Waals surface area contributed by atoms with Gasteiger partial charge in [0.05, 0.1) is 11.8 Å². The van der Waals surface area contributed by atoms with Crippen LogP contribution in [-0.2, 0) is 6.54 Å². The smallest absolute Gasteiger partial charge is 0.123 e. The van der Waals surface area contributed by atoms with Gasteiger partial charge < -0.3 is 4.57 Å². The van der Waals surface area contributed by atoms with Crippen LogP contribution in [0.3, 0.4) is 0 Å². The van der Waals surface area contributed by atoms with E-state index in [-0.39, 0.29) is 0 Å². The van der Waals surface area contributed by atoms with Crippen molar-refractivity contribution in [3.63, 3.8) is 0 Å². The van der Waals surface area contributed by atoms with Gasteiger partial charge in [-0.1, -0.05) is 30.3 Å². The van der Waals surface area contributed by atoms with E-state index < -0.39 is 0 Å². The fourth-order valence-corrected chi connectivity index (χ4v) is 2.50. The molecule has 0 unspecified atom stereocenters. The van der Waals surface area contributed by atoms with Gasteiger partial charge in [0.15, 0.2) is 0 Å². The second kappa shape index (κ2) is 3.51. The van der Waals surface area contributed by atoms with Crippen molar-refractivity contribution in [3.8, 4) is 0 Å². The highest BCUT2D eigenvalue weighted by Crippen LogP contribution is 2.20. The van der Waals surface area contributed by atoms with Gasteiger partial charge >= 0.3 is 0 Å². The summed E-state index contributed by atoms with van der Waals surface area (Å²) in [7, 11) is 0. The zero-order valence-electron chi connectivity index (χ0n) is 8.13. The lowest BCUT2D eigenvalue weighted by atomic mass is 10.2. The second-order valence-corrected chi connectivity index (χ2v) is 4.36. The molecule has 0 atom stereocenters. The van der Waals surface area contributed by atoms with Crippen LogP contribution < -0.4 is 0 Å². The molecule has 1 aromatic carbocycles. The topological polar surface area (TPSA) is 17.8 Å². The average Bonchev–Trinajstić information content (AvgIpc) is 2.85. The lowest BCUT2D eigenvalue weighted by Gasteiger charge is -2.02. The Hall–Kier alpha value is -1.61. The number of hydrogen-bond donors (Lipinski definition) is 0. The SMILES string of the molecule is c1ccc(Cn2cnc3ccsc32)cc1. The van der Waals surface area contributed by atoms with Crippen LogP contribution in [0.4, 0.5) is 0 Å². The third-order valence-corrected chi connectivity index (χ3v) is 3.36. The standard InChI is InChI=1S/C12H10N2S/c1-2-4-10(5-3-1)8-14-9-13-11-6-7-15-12(11)14/h1-7,9H,8H2. The predicted molar refractivity (Wildman–Crippen MR) is 63.2 cm³/mol. The summed E-state index contributed by atoms with van der Waals surface area (Å²) in [5, 5.41) is 2.08. The summed E-state index contributed by atoms with van der Waals surface area (Å²) in [5.41, 5.74) is 2.40. The van der Waals surface area contributed by atoms with Gasteiger partial charge in [-0.2, -0.15) is 0 Å². The Morgan fingerprint density at radius 3 is 2.87 bits per heavy atom. The fourth-order valence-electron chi connectivity index (χ4n) is 1.68. The summed E-state index contributed by atoms with van der Waals surface area (Å²) in [6, 6.07) is 12.5. The second-order valence-electron chi connectivity index (χ2n) is 3.47. The first-order valence-corrected chi connectivity index (χ1v) is 5.74. The molecule has 3 rings (SSSR count). The molecule has 0 N–H and O–H groups in total. The quantitative estimate of drug-likeness (QED) is 0.640. The number of aromatic nitrogens is 2. The van der Waals surface area contributed by atoms with E-state index in [1.54, 1.807) is 11.3 Å². The minimum absolute atomic E-state index is 0.901. The first-order valence-electron chi connectivity index (χ1n) is 4.86. The maximum Gasteiger partial charge on any atom is 0.123 e. The van der Waals surface area contributed by atoms with Gasteiger partial charge in [-0.05, 0) is 17.0 Å². The first kappa shape index (κ1) is 8.68. The van der Waals surface area contributed by atoms with Crippen molar-refractivity contribution in [2.75, 3.05) is 0 Å². The molecule has 3 heteroatoms. The third-order valence-electron chi connectivity index (χ3n) is 2.42. The van der Waals surface area contributed by atoms with Crippen molar-refractivity contribution in [1.29, 1.82) is 0 Å². The molecule has 0 fully saturated rings. The van der Waals surface area contributed by atoms with Crippen LogP contribution in [0.5, 0.6) is 0 Å². The highest BCUT2D eigenvalue weighted by molar-refractivity contribution is 7.16. The van der Waals surface area contributed by atoms with Gasteiger partial charge in [-0.25, -0.2) is 4.98 Å². The maximum absolute atomic E-state index is 4.35. The molecule has 74 valence electrons. The molecule has 3 aromatic rings. The Morgan fingerprint density at radius 1 is 1.13 bits per heavy atom. The highest BCUT2D eigenvalue weighted by atomic mass is 32.1. The monoisotopic (exact) mass is 214 g/mol. The van der Waals surface area contributed by atoms with E-state index in [2.05, 4.69) is 45.3 Å². The summed E-state index contributed by atoms with van der Waals surface area (Å²) in [6.45, 7) is 0.901. The molecule has 2 aromatic heterocycles. The van der Waals surface area contributed by atoms with Crippen molar-refractivity contribution < 1.29 is 0 Å². The highest BCUT2D eigenvalue weighted by Gasteiger charge is 2.03. The van der Waals surface area contributed by atoms with Crippen molar-refractivity contribution in [3.05, 3.63) is 53.7 Å². The van der Waals surface area contributed by atoms with Crippen molar-refractivity contribution in [2.24, 2.45) is 0 Å². The molecule has 0 saturated heterocycles. The van der Waals surface area contributed by atoms with E-state index in [0.29, 0.717) is 0 Å². The molecule has 0 saturated carbocycles. The maximum atomic E-state index is 4.35. The number of rotatable bonds is 2. The molecular weight excluding hydrogens is 204 g/mol. The average molecular weight is 214 g/mol. The molecule has 0 bridgehead atoms. The van der Waals surface area contributed by atoms with Gasteiger partial charge in [0.25, 0.3) is 0 Å². The molecule has 0 aliphatic rings. The van der Waals surface area contributed by atoms with E-state index in [1.807, 2.05) is 12.4 Å². The van der Waals surface area contributed by atoms with E-state index >= 15 is 0 Å². The molecule has 2 heterocycles. The normalized spacial score (nSPS) is 10.9. The number of nitrogens with zero attached hydrogens (tertiary/aromatic N) is 2. The van der Waals surface area contributed by atoms with Crippen LogP contribution in [-0.4, -0.2) is 9.55 Å². The van der Waals surface area contributed by atoms with Gasteiger partial charge in [0.2, 0.25) is 0 Å². The lowest BCUT2D eigenvalue weighted by Crippen LogP contribution is -1.95. The van der Waals surface area contributed by atoms with Gasteiger partial charge in [0, 0.05) is 6.54 Å². The molecule has 0 aliphatic heterocycles. The number of hydrogen-bond acceptors (Lipinski definition) is 2. The van der Waals surface area contributed by atoms with Crippen LogP contribution in [0.15, 0.2) is 48.1 Å². The summed E-state index contributed by atoms with van der Waals surface area (Å²) in [6.07, 6.45) is 1.91. The van der Waals surface area contributed by atoms with E-state index in [0.717, 1.165) is 12.1 Å². The van der Waals surface area contributed by atoms with Gasteiger partial charge in [-0.15, -0.1) is 11.3 Å². The first-order chi connectivity index (χ1) is 7.43. The number of fused-ring (bicyclic) bond motifs is 1. The summed E-state index contributed by atoms with van der Waals surface area (Å²) in [5.74, 6) is 0. The van der Waals surface area contributed by atoms with Gasteiger partial charge in [0.1, 0.15) is 4.83 Å². The summed E-state index contributed by atoms with van der Waals surface area (Å²) < 4.78 is 2.19. The van der Waals surface area contributed by atoms with E-state index in [9.17, 15) is 0 Å². The number of imidazole rings is 1. The molecule has 0 spiro atoms. The fraction of sp³-hybridized carbons (Fsp3) is 0.0833. The van der Waals surface area contributed by atoms with E-state index in [4.69, 9.17) is 0 Å². The van der Waals surface area contributed by atoms with E-state index in [1.165, 1.54) is 10.4 Å². The van der Waals surface area contributed by atoms with Crippen molar-refractivity contribution >= 4 is 21.7 Å². The zero-order chi connectivity index (χ0) is 10.1. The van der Waals surface area contributed by atoms with Gasteiger partial charge in [-0.3, -0.25) is 0 Å². The number of thiophene rings is 1. The Bertz CT molecular complexity index is 565. The molecule has 15 heavy (non-hydrogen) atoms. The Balaban J connectivity index is 1.99. The summed E-state index contributed by atoms with van der Waals surface area (Å²) in [4.78, 5) is 5.60. The van der Waals surface area contributed by atoms with Crippen molar-refractivity contribution in [1.82, 2.24) is 9.55 Å². The molecule has 0 radical (unpaired) electrons. The molecular formula is C12H10N2S. The largest absolute Gasteiger partial charge is 0.318 e. The zero-order valence-corrected chi connectivity index (χ0v) is 8.95. The minimum Gasteiger partial charge on any atom is -0.318 e.